The summed E-state index contributed by atoms with van der Waals surface area (Å²) < 4.78 is 0. The lowest BCUT2D eigenvalue weighted by atomic mass is 9.94. The van der Waals surface area contributed by atoms with Gasteiger partial charge in [0.15, 0.2) is 0 Å². The number of nitrogens with zero attached hydrogens (tertiary/aromatic N) is 1. The van der Waals surface area contributed by atoms with E-state index in [0.29, 0.717) is 12.5 Å². The number of rotatable bonds is 5. The molecule has 1 N–H and O–H groups in total. The largest absolute Gasteiger partial charge is 0.353 e. The predicted octanol–water partition coefficient (Wildman–Crippen LogP) is 3.70. The third-order valence-electron chi connectivity index (χ3n) is 5.89. The van der Waals surface area contributed by atoms with E-state index in [1.165, 1.54) is 31.2 Å². The fourth-order valence-electron chi connectivity index (χ4n) is 4.19. The van der Waals surface area contributed by atoms with Crippen molar-refractivity contribution in [2.45, 2.75) is 70.3 Å². The molecule has 2 fully saturated rings. The zero-order valence-corrected chi connectivity index (χ0v) is 15.8. The highest BCUT2D eigenvalue weighted by atomic mass is 16.2. The van der Waals surface area contributed by atoms with Gasteiger partial charge in [-0.3, -0.25) is 9.59 Å². The van der Waals surface area contributed by atoms with Crippen molar-refractivity contribution in [2.75, 3.05) is 13.1 Å². The Kier molecular flexibility index (Phi) is 7.10. The van der Waals surface area contributed by atoms with Crippen LogP contribution in [0.15, 0.2) is 30.3 Å². The molecule has 2 amide bonds. The Morgan fingerprint density at radius 3 is 2.23 bits per heavy atom. The molecular weight excluding hydrogens is 324 g/mol. The summed E-state index contributed by atoms with van der Waals surface area (Å²) >= 11 is 0. The van der Waals surface area contributed by atoms with E-state index in [2.05, 4.69) is 17.4 Å². The minimum Gasteiger partial charge on any atom is -0.353 e. The number of piperidine rings is 1. The summed E-state index contributed by atoms with van der Waals surface area (Å²) in [5, 5.41) is 3.28. The highest BCUT2D eigenvalue weighted by Crippen LogP contribution is 2.21. The molecule has 1 saturated carbocycles. The summed E-state index contributed by atoms with van der Waals surface area (Å²) in [5.74, 6) is 0.515. The number of benzene rings is 1. The second-order valence-corrected chi connectivity index (χ2v) is 7.84. The first kappa shape index (κ1) is 18.9. The molecule has 1 aliphatic carbocycles. The highest BCUT2D eigenvalue weighted by molar-refractivity contribution is 5.80. The van der Waals surface area contributed by atoms with E-state index in [-0.39, 0.29) is 17.7 Å². The lowest BCUT2D eigenvalue weighted by molar-refractivity contribution is -0.135. The minimum atomic E-state index is 0.0800. The zero-order chi connectivity index (χ0) is 18.2. The first-order chi connectivity index (χ1) is 12.7. The molecule has 1 aliphatic heterocycles. The molecule has 4 heteroatoms. The Balaban J connectivity index is 1.39. The summed E-state index contributed by atoms with van der Waals surface area (Å²) in [6.45, 7) is 1.44. The van der Waals surface area contributed by atoms with Gasteiger partial charge in [-0.2, -0.15) is 0 Å². The SMILES string of the molecule is O=C(NC1CCCCCC1)C1CCN(C(=O)CCc2ccccc2)CC1. The summed E-state index contributed by atoms with van der Waals surface area (Å²) in [6.07, 6.45) is 10.3. The van der Waals surface area contributed by atoms with Gasteiger partial charge < -0.3 is 10.2 Å². The number of hydrogen-bond donors (Lipinski definition) is 1. The molecule has 0 aromatic heterocycles. The fourth-order valence-corrected chi connectivity index (χ4v) is 4.19. The van der Waals surface area contributed by atoms with Crippen molar-refractivity contribution < 1.29 is 9.59 Å². The summed E-state index contributed by atoms with van der Waals surface area (Å²) in [5.41, 5.74) is 1.21. The maximum absolute atomic E-state index is 12.6. The standard InChI is InChI=1S/C22H32N2O2/c25-21(13-12-18-8-4-3-5-9-18)24-16-14-19(15-17-24)22(26)23-20-10-6-1-2-7-11-20/h3-5,8-9,19-20H,1-2,6-7,10-17H2,(H,23,26). The molecule has 2 aliphatic rings. The Labute approximate surface area is 157 Å². The van der Waals surface area contributed by atoms with Crippen LogP contribution in [0, 0.1) is 5.92 Å². The number of carbonyl (C=O) groups is 2. The van der Waals surface area contributed by atoms with Crippen molar-refractivity contribution in [3.63, 3.8) is 0 Å². The normalized spacial score (nSPS) is 19.8. The topological polar surface area (TPSA) is 49.4 Å². The lowest BCUT2D eigenvalue weighted by Gasteiger charge is -2.32. The van der Waals surface area contributed by atoms with E-state index in [1.54, 1.807) is 0 Å². The van der Waals surface area contributed by atoms with Gasteiger partial charge in [0, 0.05) is 31.5 Å². The van der Waals surface area contributed by atoms with Crippen molar-refractivity contribution >= 4 is 11.8 Å². The molecule has 1 aromatic carbocycles. The molecule has 26 heavy (non-hydrogen) atoms. The monoisotopic (exact) mass is 356 g/mol. The van der Waals surface area contributed by atoms with Crippen molar-refractivity contribution in [1.29, 1.82) is 0 Å². The number of likely N-dealkylation sites (tertiary alicyclic amines) is 1. The highest BCUT2D eigenvalue weighted by Gasteiger charge is 2.28. The molecule has 1 aromatic rings. The van der Waals surface area contributed by atoms with Crippen LogP contribution in [0.1, 0.15) is 63.4 Å². The minimum absolute atomic E-state index is 0.0800. The van der Waals surface area contributed by atoms with Gasteiger partial charge in [-0.15, -0.1) is 0 Å². The van der Waals surface area contributed by atoms with Crippen molar-refractivity contribution in [2.24, 2.45) is 5.92 Å². The molecule has 0 unspecified atom stereocenters. The third kappa shape index (κ3) is 5.58. The second kappa shape index (κ2) is 9.75. The summed E-state index contributed by atoms with van der Waals surface area (Å²) in [7, 11) is 0. The van der Waals surface area contributed by atoms with E-state index < -0.39 is 0 Å². The Morgan fingerprint density at radius 2 is 1.58 bits per heavy atom. The van der Waals surface area contributed by atoms with Gasteiger partial charge in [0.05, 0.1) is 0 Å². The second-order valence-electron chi connectivity index (χ2n) is 7.84. The van der Waals surface area contributed by atoms with E-state index in [1.807, 2.05) is 23.1 Å². The number of carbonyl (C=O) groups excluding carboxylic acids is 2. The van der Waals surface area contributed by atoms with Crippen molar-refractivity contribution in [1.82, 2.24) is 10.2 Å². The van der Waals surface area contributed by atoms with Gasteiger partial charge in [0.2, 0.25) is 11.8 Å². The number of hydrogen-bond acceptors (Lipinski definition) is 2. The van der Waals surface area contributed by atoms with Crippen LogP contribution in [0.3, 0.4) is 0 Å². The molecule has 0 radical (unpaired) electrons. The molecule has 1 heterocycles. The van der Waals surface area contributed by atoms with Crippen LogP contribution in [0.25, 0.3) is 0 Å². The molecule has 4 nitrogen and oxygen atoms in total. The fraction of sp³-hybridized carbons (Fsp3) is 0.636. The average Bonchev–Trinajstić information content (AvgIpc) is 2.95. The van der Waals surface area contributed by atoms with Crippen LogP contribution in [0.2, 0.25) is 0 Å². The van der Waals surface area contributed by atoms with E-state index in [0.717, 1.165) is 45.2 Å². The Bertz CT molecular complexity index is 571. The van der Waals surface area contributed by atoms with E-state index in [9.17, 15) is 9.59 Å². The summed E-state index contributed by atoms with van der Waals surface area (Å²) in [6, 6.07) is 10.5. The van der Waals surface area contributed by atoms with Gasteiger partial charge in [-0.25, -0.2) is 0 Å². The predicted molar refractivity (Wildman–Crippen MR) is 104 cm³/mol. The molecule has 1 saturated heterocycles. The number of amides is 2. The third-order valence-corrected chi connectivity index (χ3v) is 5.89. The number of aryl methyl sites for hydroxylation is 1. The van der Waals surface area contributed by atoms with Gasteiger partial charge in [-0.05, 0) is 37.7 Å². The van der Waals surface area contributed by atoms with Crippen LogP contribution >= 0.6 is 0 Å². The number of nitrogens with one attached hydrogen (secondary N) is 1. The van der Waals surface area contributed by atoms with E-state index in [4.69, 9.17) is 0 Å². The van der Waals surface area contributed by atoms with Gasteiger partial charge in [0.1, 0.15) is 0 Å². The van der Waals surface area contributed by atoms with Crippen LogP contribution in [-0.4, -0.2) is 35.8 Å². The van der Waals surface area contributed by atoms with Crippen LogP contribution in [0.5, 0.6) is 0 Å². The Morgan fingerprint density at radius 1 is 0.923 bits per heavy atom. The van der Waals surface area contributed by atoms with Crippen LogP contribution in [0.4, 0.5) is 0 Å². The van der Waals surface area contributed by atoms with Crippen LogP contribution < -0.4 is 5.32 Å². The molecule has 0 atom stereocenters. The Hall–Kier alpha value is -1.84. The van der Waals surface area contributed by atoms with Crippen molar-refractivity contribution in [3.05, 3.63) is 35.9 Å². The average molecular weight is 357 g/mol. The lowest BCUT2D eigenvalue weighted by Crippen LogP contribution is -2.45. The van der Waals surface area contributed by atoms with Gasteiger partial charge >= 0.3 is 0 Å². The molecule has 0 spiro atoms. The molecule has 0 bridgehead atoms. The summed E-state index contributed by atoms with van der Waals surface area (Å²) in [4.78, 5) is 26.9. The van der Waals surface area contributed by atoms with Crippen molar-refractivity contribution in [3.8, 4) is 0 Å². The molecule has 142 valence electrons. The zero-order valence-electron chi connectivity index (χ0n) is 15.8. The van der Waals surface area contributed by atoms with E-state index >= 15 is 0 Å². The quantitative estimate of drug-likeness (QED) is 0.818. The smallest absolute Gasteiger partial charge is 0.223 e. The van der Waals surface area contributed by atoms with Gasteiger partial charge in [-0.1, -0.05) is 56.0 Å². The first-order valence-electron chi connectivity index (χ1n) is 10.3. The maximum Gasteiger partial charge on any atom is 0.223 e. The van der Waals surface area contributed by atoms with Gasteiger partial charge in [0.25, 0.3) is 0 Å². The molecule has 3 rings (SSSR count). The first-order valence-corrected chi connectivity index (χ1v) is 10.3. The maximum atomic E-state index is 12.6. The van der Waals surface area contributed by atoms with Crippen LogP contribution in [-0.2, 0) is 16.0 Å². The molecular formula is C22H32N2O2.